The molecule has 1 aliphatic heterocycles. The molecule has 0 unspecified atom stereocenters. The highest BCUT2D eigenvalue weighted by Gasteiger charge is 2.15. The zero-order valence-corrected chi connectivity index (χ0v) is 15.9. The molecule has 0 aliphatic carbocycles. The molecule has 0 atom stereocenters. The van der Waals surface area contributed by atoms with Gasteiger partial charge in [0.25, 0.3) is 0 Å². The summed E-state index contributed by atoms with van der Waals surface area (Å²) in [5.41, 5.74) is 3.72. The Labute approximate surface area is 165 Å². The monoisotopic (exact) mass is 393 g/mol. The van der Waals surface area contributed by atoms with Crippen molar-refractivity contribution in [2.24, 2.45) is 9.98 Å². The first-order valence-corrected chi connectivity index (χ1v) is 9.54. The minimum atomic E-state index is 0.165. The number of para-hydroxylation sites is 1. The van der Waals surface area contributed by atoms with E-state index in [-0.39, 0.29) is 5.88 Å². The lowest BCUT2D eigenvalue weighted by Crippen LogP contribution is -2.12. The summed E-state index contributed by atoms with van der Waals surface area (Å²) in [7, 11) is 0. The summed E-state index contributed by atoms with van der Waals surface area (Å²) in [6.45, 7) is 4.24. The number of hydrogen-bond donors (Lipinski definition) is 1. The van der Waals surface area contributed by atoms with Gasteiger partial charge in [-0.2, -0.15) is 0 Å². The van der Waals surface area contributed by atoms with Gasteiger partial charge in [0, 0.05) is 28.9 Å². The van der Waals surface area contributed by atoms with Crippen LogP contribution >= 0.6 is 22.9 Å². The second-order valence-corrected chi connectivity index (χ2v) is 7.38. The van der Waals surface area contributed by atoms with Gasteiger partial charge in [0.2, 0.25) is 5.88 Å². The van der Waals surface area contributed by atoms with Crippen LogP contribution in [0.3, 0.4) is 0 Å². The average Bonchev–Trinajstić information content (AvgIpc) is 3.21. The molecule has 1 N–H and O–H groups in total. The first-order valence-electron chi connectivity index (χ1n) is 8.34. The van der Waals surface area contributed by atoms with Gasteiger partial charge in [-0.15, -0.1) is 6.58 Å². The van der Waals surface area contributed by atoms with Gasteiger partial charge in [0.05, 0.1) is 16.3 Å². The van der Waals surface area contributed by atoms with Crippen LogP contribution in [0, 0.1) is 0 Å². The Morgan fingerprint density at radius 1 is 1.19 bits per heavy atom. The van der Waals surface area contributed by atoms with Crippen LogP contribution in [-0.2, 0) is 6.54 Å². The maximum Gasteiger partial charge on any atom is 0.211 e. The highest BCUT2D eigenvalue weighted by atomic mass is 35.5. The van der Waals surface area contributed by atoms with E-state index < -0.39 is 0 Å². The van der Waals surface area contributed by atoms with E-state index >= 15 is 0 Å². The highest BCUT2D eigenvalue weighted by Crippen LogP contribution is 2.34. The Morgan fingerprint density at radius 2 is 1.96 bits per heavy atom. The van der Waals surface area contributed by atoms with Crippen molar-refractivity contribution in [2.45, 2.75) is 6.54 Å². The fourth-order valence-corrected chi connectivity index (χ4v) is 3.95. The maximum atomic E-state index is 10.7. The Morgan fingerprint density at radius 3 is 2.74 bits per heavy atom. The van der Waals surface area contributed by atoms with Crippen molar-refractivity contribution in [1.29, 1.82) is 0 Å². The predicted octanol–water partition coefficient (Wildman–Crippen LogP) is 5.58. The number of fused-ring (bicyclic) bond motifs is 1. The summed E-state index contributed by atoms with van der Waals surface area (Å²) >= 11 is 7.36. The number of aromatic hydroxyl groups is 1. The molecule has 0 saturated carbocycles. The SMILES string of the molecule is C=CCn1c(O)c(C=C2C=Nc3ccccc32)sc1=Nc1ccc(Cl)cc1. The van der Waals surface area contributed by atoms with Crippen molar-refractivity contribution in [3.63, 3.8) is 0 Å². The number of aromatic nitrogens is 1. The van der Waals surface area contributed by atoms with Crippen molar-refractivity contribution < 1.29 is 5.11 Å². The molecule has 1 aliphatic rings. The Bertz CT molecular complexity index is 1140. The molecule has 4 nitrogen and oxygen atoms in total. The number of hydrogen-bond acceptors (Lipinski definition) is 4. The molecule has 1 aromatic heterocycles. The number of allylic oxidation sites excluding steroid dienone is 2. The third-order valence-corrected chi connectivity index (χ3v) is 5.38. The third kappa shape index (κ3) is 3.52. The maximum absolute atomic E-state index is 10.7. The molecular weight excluding hydrogens is 378 g/mol. The summed E-state index contributed by atoms with van der Waals surface area (Å²) in [4.78, 5) is 10.5. The van der Waals surface area contributed by atoms with Gasteiger partial charge in [-0.1, -0.05) is 47.2 Å². The largest absolute Gasteiger partial charge is 0.493 e. The molecule has 134 valence electrons. The van der Waals surface area contributed by atoms with Crippen LogP contribution < -0.4 is 4.80 Å². The standard InChI is InChI=1S/C21H16ClN3OS/c1-2-11-25-20(26)19(12-14-13-23-18-6-4-3-5-17(14)18)27-21(25)24-16-9-7-15(22)8-10-16/h2-10,12-13,26H,1,11H2. The number of aliphatic imine (C=N–C) groups is 1. The van der Waals surface area contributed by atoms with Crippen molar-refractivity contribution in [3.8, 4) is 5.88 Å². The lowest BCUT2D eigenvalue weighted by molar-refractivity contribution is 0.421. The average molecular weight is 394 g/mol. The Balaban J connectivity index is 1.82. The highest BCUT2D eigenvalue weighted by molar-refractivity contribution is 7.10. The van der Waals surface area contributed by atoms with Gasteiger partial charge in [-0.3, -0.25) is 9.56 Å². The molecule has 0 saturated heterocycles. The number of benzene rings is 2. The molecule has 0 radical (unpaired) electrons. The number of nitrogens with zero attached hydrogens (tertiary/aromatic N) is 3. The van der Waals surface area contributed by atoms with Crippen LogP contribution in [0.2, 0.25) is 5.02 Å². The van der Waals surface area contributed by atoms with Gasteiger partial charge in [-0.05, 0) is 36.4 Å². The minimum Gasteiger partial charge on any atom is -0.493 e. The number of rotatable bonds is 4. The van der Waals surface area contributed by atoms with Crippen LogP contribution in [-0.4, -0.2) is 15.9 Å². The normalized spacial score (nSPS) is 14.7. The second-order valence-electron chi connectivity index (χ2n) is 5.94. The lowest BCUT2D eigenvalue weighted by atomic mass is 10.1. The quantitative estimate of drug-likeness (QED) is 0.577. The molecule has 2 aromatic carbocycles. The third-order valence-electron chi connectivity index (χ3n) is 4.12. The van der Waals surface area contributed by atoms with E-state index in [9.17, 15) is 5.11 Å². The summed E-state index contributed by atoms with van der Waals surface area (Å²) in [5, 5.41) is 11.4. The fraction of sp³-hybridized carbons (Fsp3) is 0.0476. The van der Waals surface area contributed by atoms with Crippen LogP contribution in [0.5, 0.6) is 5.88 Å². The van der Waals surface area contributed by atoms with E-state index in [1.807, 2.05) is 48.7 Å². The first-order chi connectivity index (χ1) is 13.2. The van der Waals surface area contributed by atoms with E-state index in [1.54, 1.807) is 22.8 Å². The summed E-state index contributed by atoms with van der Waals surface area (Å²) in [6.07, 6.45) is 5.49. The minimum absolute atomic E-state index is 0.165. The lowest BCUT2D eigenvalue weighted by Gasteiger charge is -2.01. The summed E-state index contributed by atoms with van der Waals surface area (Å²) in [6, 6.07) is 15.2. The van der Waals surface area contributed by atoms with Crippen LogP contribution in [0.1, 0.15) is 10.4 Å². The van der Waals surface area contributed by atoms with Crippen molar-refractivity contribution in [3.05, 3.63) is 81.5 Å². The van der Waals surface area contributed by atoms with Crippen LogP contribution in [0.25, 0.3) is 11.6 Å². The van der Waals surface area contributed by atoms with Gasteiger partial charge in [0.1, 0.15) is 0 Å². The van der Waals surface area contributed by atoms with Gasteiger partial charge < -0.3 is 5.11 Å². The second kappa shape index (κ2) is 7.39. The summed E-state index contributed by atoms with van der Waals surface area (Å²) < 4.78 is 1.73. The van der Waals surface area contributed by atoms with Crippen LogP contribution in [0.4, 0.5) is 11.4 Å². The molecule has 0 spiro atoms. The molecule has 2 heterocycles. The zero-order valence-electron chi connectivity index (χ0n) is 14.3. The van der Waals surface area contributed by atoms with Gasteiger partial charge in [0.15, 0.2) is 4.80 Å². The molecule has 3 aromatic rings. The van der Waals surface area contributed by atoms with Crippen molar-refractivity contribution >= 4 is 52.2 Å². The van der Waals surface area contributed by atoms with Crippen molar-refractivity contribution in [2.75, 3.05) is 0 Å². The van der Waals surface area contributed by atoms with Gasteiger partial charge >= 0.3 is 0 Å². The molecule has 0 bridgehead atoms. The molecule has 4 rings (SSSR count). The first kappa shape index (κ1) is 17.5. The van der Waals surface area contributed by atoms with Crippen LogP contribution in [0.15, 0.2) is 71.2 Å². The number of thiazole rings is 1. The van der Waals surface area contributed by atoms with E-state index in [1.165, 1.54) is 11.3 Å². The van der Waals surface area contributed by atoms with Crippen molar-refractivity contribution in [1.82, 2.24) is 4.57 Å². The Hall–Kier alpha value is -2.89. The molecule has 6 heteroatoms. The fourth-order valence-electron chi connectivity index (χ4n) is 2.81. The Kier molecular flexibility index (Phi) is 4.79. The van der Waals surface area contributed by atoms with E-state index in [2.05, 4.69) is 16.6 Å². The van der Waals surface area contributed by atoms with Gasteiger partial charge in [-0.25, -0.2) is 4.99 Å². The predicted molar refractivity (Wildman–Crippen MR) is 113 cm³/mol. The van der Waals surface area contributed by atoms with E-state index in [4.69, 9.17) is 11.6 Å². The molecule has 0 amide bonds. The zero-order chi connectivity index (χ0) is 18.8. The topological polar surface area (TPSA) is 49.9 Å². The molecule has 0 fully saturated rings. The smallest absolute Gasteiger partial charge is 0.211 e. The number of halogens is 1. The van der Waals surface area contributed by atoms with E-state index in [0.29, 0.717) is 16.4 Å². The van der Waals surface area contributed by atoms with E-state index in [0.717, 1.165) is 27.4 Å². The summed E-state index contributed by atoms with van der Waals surface area (Å²) in [5.74, 6) is 0.165. The molecular formula is C21H16ClN3OS. The molecule has 27 heavy (non-hydrogen) atoms.